The maximum atomic E-state index is 11.0. The molecule has 1 saturated heterocycles. The SMILES string of the molecule is C#CCN(N)C1C(=O)NC(=O)C1=O. The van der Waals surface area contributed by atoms with Gasteiger partial charge in [0.2, 0.25) is 5.78 Å². The van der Waals surface area contributed by atoms with Gasteiger partial charge in [0, 0.05) is 0 Å². The minimum atomic E-state index is -1.27. The maximum absolute atomic E-state index is 11.0. The largest absolute Gasteiger partial charge is 0.296 e. The molecule has 1 unspecified atom stereocenters. The van der Waals surface area contributed by atoms with Gasteiger partial charge in [-0.25, -0.2) is 5.01 Å². The van der Waals surface area contributed by atoms with Crippen LogP contribution in [-0.2, 0) is 14.4 Å². The summed E-state index contributed by atoms with van der Waals surface area (Å²) in [6.07, 6.45) is 4.92. The van der Waals surface area contributed by atoms with Gasteiger partial charge in [-0.05, 0) is 0 Å². The predicted octanol–water partition coefficient (Wildman–Crippen LogP) is -2.61. The monoisotopic (exact) mass is 181 g/mol. The minimum Gasteiger partial charge on any atom is -0.288 e. The lowest BCUT2D eigenvalue weighted by Crippen LogP contribution is -2.48. The third-order valence-electron chi connectivity index (χ3n) is 1.56. The molecule has 0 saturated carbocycles. The number of carbonyl (C=O) groups excluding carboxylic acids is 3. The van der Waals surface area contributed by atoms with E-state index in [9.17, 15) is 14.4 Å². The third kappa shape index (κ3) is 1.56. The van der Waals surface area contributed by atoms with Crippen LogP contribution in [-0.4, -0.2) is 35.2 Å². The number of nitrogens with one attached hydrogen (secondary N) is 1. The first-order valence-corrected chi connectivity index (χ1v) is 3.41. The Morgan fingerprint density at radius 2 is 2.15 bits per heavy atom. The number of carbonyl (C=O) groups is 3. The molecule has 1 heterocycles. The van der Waals surface area contributed by atoms with E-state index in [1.165, 1.54) is 0 Å². The number of Topliss-reactive ketones (excluding diaryl/α,β-unsaturated/α-hetero) is 1. The molecule has 6 heteroatoms. The van der Waals surface area contributed by atoms with E-state index in [1.54, 1.807) is 0 Å². The molecule has 1 aliphatic rings. The van der Waals surface area contributed by atoms with Crippen molar-refractivity contribution >= 4 is 17.6 Å². The van der Waals surface area contributed by atoms with E-state index in [0.29, 0.717) is 0 Å². The Labute approximate surface area is 74.0 Å². The average Bonchev–Trinajstić information content (AvgIpc) is 2.27. The summed E-state index contributed by atoms with van der Waals surface area (Å²) >= 11 is 0. The smallest absolute Gasteiger partial charge is 0.288 e. The molecule has 0 spiro atoms. The highest BCUT2D eigenvalue weighted by Crippen LogP contribution is 2.02. The summed E-state index contributed by atoms with van der Waals surface area (Å²) in [5.74, 6) is 4.90. The van der Waals surface area contributed by atoms with Crippen molar-refractivity contribution in [1.29, 1.82) is 0 Å². The normalized spacial score (nSPS) is 21.9. The standard InChI is InChI=1S/C7H7N3O3/c1-2-3-10(8)4-5(11)7(13)9-6(4)12/h1,4H,3,8H2,(H,9,12,13). The van der Waals surface area contributed by atoms with Crippen LogP contribution in [0, 0.1) is 12.3 Å². The Bertz CT molecular complexity index is 317. The third-order valence-corrected chi connectivity index (χ3v) is 1.56. The molecule has 1 rings (SSSR count). The van der Waals surface area contributed by atoms with E-state index in [2.05, 4.69) is 5.92 Å². The van der Waals surface area contributed by atoms with Crippen molar-refractivity contribution < 1.29 is 14.4 Å². The topological polar surface area (TPSA) is 92.5 Å². The molecule has 3 N–H and O–H groups in total. The molecular formula is C7H7N3O3. The summed E-state index contributed by atoms with van der Waals surface area (Å²) in [6.45, 7) is -0.0723. The predicted molar refractivity (Wildman–Crippen MR) is 41.7 cm³/mol. The summed E-state index contributed by atoms with van der Waals surface area (Å²) in [6, 6.07) is -1.27. The quantitative estimate of drug-likeness (QED) is 0.122. The fourth-order valence-corrected chi connectivity index (χ4v) is 0.983. The van der Waals surface area contributed by atoms with Crippen LogP contribution in [0.2, 0.25) is 0 Å². The van der Waals surface area contributed by atoms with Gasteiger partial charge in [-0.1, -0.05) is 5.92 Å². The summed E-state index contributed by atoms with van der Waals surface area (Å²) in [5.41, 5.74) is 0. The van der Waals surface area contributed by atoms with E-state index in [-0.39, 0.29) is 6.54 Å². The Balaban J connectivity index is 2.81. The number of ketones is 1. The van der Waals surface area contributed by atoms with Crippen molar-refractivity contribution in [2.24, 2.45) is 5.84 Å². The molecule has 1 aliphatic heterocycles. The van der Waals surface area contributed by atoms with Gasteiger partial charge in [0.05, 0.1) is 6.54 Å². The number of nitrogens with zero attached hydrogens (tertiary/aromatic N) is 1. The fourth-order valence-electron chi connectivity index (χ4n) is 0.983. The van der Waals surface area contributed by atoms with Crippen LogP contribution in [0.15, 0.2) is 0 Å². The Morgan fingerprint density at radius 3 is 2.54 bits per heavy atom. The molecule has 13 heavy (non-hydrogen) atoms. The fraction of sp³-hybridized carbons (Fsp3) is 0.286. The van der Waals surface area contributed by atoms with E-state index < -0.39 is 23.6 Å². The molecule has 1 atom stereocenters. The second-order valence-corrected chi connectivity index (χ2v) is 2.46. The molecule has 0 aromatic heterocycles. The first-order valence-electron chi connectivity index (χ1n) is 3.41. The Hall–Kier alpha value is -1.71. The maximum Gasteiger partial charge on any atom is 0.296 e. The number of imide groups is 1. The lowest BCUT2D eigenvalue weighted by atomic mass is 10.2. The van der Waals surface area contributed by atoms with Gasteiger partial charge in [0.1, 0.15) is 0 Å². The highest BCUT2D eigenvalue weighted by molar-refractivity contribution is 6.49. The Kier molecular flexibility index (Phi) is 2.41. The number of hydrazine groups is 1. The average molecular weight is 181 g/mol. The van der Waals surface area contributed by atoms with Crippen LogP contribution in [0.1, 0.15) is 0 Å². The first-order chi connectivity index (χ1) is 6.07. The molecule has 0 aliphatic carbocycles. The number of terminal acetylenes is 1. The van der Waals surface area contributed by atoms with Crippen molar-refractivity contribution in [1.82, 2.24) is 10.3 Å². The Morgan fingerprint density at radius 1 is 1.54 bits per heavy atom. The summed E-state index contributed by atoms with van der Waals surface area (Å²) < 4.78 is 0. The van der Waals surface area contributed by atoms with Crippen molar-refractivity contribution in [3.05, 3.63) is 0 Å². The zero-order valence-corrected chi connectivity index (χ0v) is 6.61. The number of hydrogen-bond acceptors (Lipinski definition) is 5. The van der Waals surface area contributed by atoms with Gasteiger partial charge in [-0.3, -0.25) is 25.5 Å². The van der Waals surface area contributed by atoms with Gasteiger partial charge >= 0.3 is 0 Å². The molecule has 6 nitrogen and oxygen atoms in total. The van der Waals surface area contributed by atoms with Gasteiger partial charge in [-0.2, -0.15) is 0 Å². The molecule has 0 bridgehead atoms. The lowest BCUT2D eigenvalue weighted by molar-refractivity contribution is -0.137. The van der Waals surface area contributed by atoms with Crippen molar-refractivity contribution in [2.45, 2.75) is 6.04 Å². The second-order valence-electron chi connectivity index (χ2n) is 2.46. The van der Waals surface area contributed by atoms with Crippen molar-refractivity contribution in [2.75, 3.05) is 6.54 Å². The van der Waals surface area contributed by atoms with Crippen molar-refractivity contribution in [3.8, 4) is 12.3 Å². The highest BCUT2D eigenvalue weighted by Gasteiger charge is 2.42. The number of amides is 2. The van der Waals surface area contributed by atoms with Gasteiger partial charge < -0.3 is 0 Å². The van der Waals surface area contributed by atoms with Gasteiger partial charge in [0.15, 0.2) is 6.04 Å². The van der Waals surface area contributed by atoms with Crippen molar-refractivity contribution in [3.63, 3.8) is 0 Å². The molecule has 1 fully saturated rings. The van der Waals surface area contributed by atoms with Crippen LogP contribution >= 0.6 is 0 Å². The molecule has 0 radical (unpaired) electrons. The minimum absolute atomic E-state index is 0.0723. The van der Waals surface area contributed by atoms with Crippen LogP contribution < -0.4 is 11.2 Å². The van der Waals surface area contributed by atoms with E-state index >= 15 is 0 Å². The summed E-state index contributed by atoms with van der Waals surface area (Å²) in [7, 11) is 0. The first kappa shape index (κ1) is 9.38. The van der Waals surface area contributed by atoms with E-state index in [4.69, 9.17) is 12.3 Å². The van der Waals surface area contributed by atoms with Crippen LogP contribution in [0.4, 0.5) is 0 Å². The van der Waals surface area contributed by atoms with Crippen LogP contribution in [0.25, 0.3) is 0 Å². The number of nitrogens with two attached hydrogens (primary N) is 1. The number of hydrogen-bond donors (Lipinski definition) is 2. The van der Waals surface area contributed by atoms with Crippen LogP contribution in [0.3, 0.4) is 0 Å². The van der Waals surface area contributed by atoms with E-state index in [1.807, 2.05) is 5.32 Å². The second kappa shape index (κ2) is 3.35. The van der Waals surface area contributed by atoms with Crippen LogP contribution in [0.5, 0.6) is 0 Å². The molecule has 0 aromatic carbocycles. The zero-order chi connectivity index (χ0) is 10.0. The van der Waals surface area contributed by atoms with Gasteiger partial charge in [-0.15, -0.1) is 6.42 Å². The summed E-state index contributed by atoms with van der Waals surface area (Å²) in [4.78, 5) is 32.7. The molecular weight excluding hydrogens is 174 g/mol. The lowest BCUT2D eigenvalue weighted by Gasteiger charge is -2.15. The zero-order valence-electron chi connectivity index (χ0n) is 6.61. The molecule has 0 aromatic rings. The van der Waals surface area contributed by atoms with E-state index in [0.717, 1.165) is 5.01 Å². The summed E-state index contributed by atoms with van der Waals surface area (Å²) in [5, 5.41) is 2.69. The molecule has 2 amide bonds. The van der Waals surface area contributed by atoms with Gasteiger partial charge in [0.25, 0.3) is 11.8 Å². The molecule has 68 valence electrons. The highest BCUT2D eigenvalue weighted by atomic mass is 16.2. The number of rotatable bonds is 2.